The zero-order valence-electron chi connectivity index (χ0n) is 11.3. The summed E-state index contributed by atoms with van der Waals surface area (Å²) >= 11 is 0. The van der Waals surface area contributed by atoms with E-state index in [-0.39, 0.29) is 6.03 Å². The van der Waals surface area contributed by atoms with Crippen molar-refractivity contribution in [1.82, 2.24) is 4.90 Å². The number of nitrogens with one attached hydrogen (secondary N) is 1. The van der Waals surface area contributed by atoms with E-state index in [9.17, 15) is 4.79 Å². The van der Waals surface area contributed by atoms with Gasteiger partial charge in [-0.3, -0.25) is 0 Å². The molecule has 0 atom stereocenters. The van der Waals surface area contributed by atoms with E-state index >= 15 is 0 Å². The number of benzene rings is 1. The van der Waals surface area contributed by atoms with Gasteiger partial charge < -0.3 is 15.0 Å². The molecule has 0 unspecified atom stereocenters. The van der Waals surface area contributed by atoms with Crippen molar-refractivity contribution in [3.05, 3.63) is 23.8 Å². The first-order valence-electron chi connectivity index (χ1n) is 7.04. The Morgan fingerprint density at radius 2 is 2.16 bits per heavy atom. The Morgan fingerprint density at radius 1 is 1.37 bits per heavy atom. The Bertz CT molecular complexity index is 479. The third-order valence-corrected chi connectivity index (χ3v) is 4.01. The Kier molecular flexibility index (Phi) is 3.32. The van der Waals surface area contributed by atoms with Crippen molar-refractivity contribution in [3.8, 4) is 5.75 Å². The van der Waals surface area contributed by atoms with Crippen LogP contribution in [0.3, 0.4) is 0 Å². The van der Waals surface area contributed by atoms with E-state index in [2.05, 4.69) is 12.2 Å². The minimum atomic E-state index is 0.0192. The number of amides is 2. The maximum absolute atomic E-state index is 12.2. The number of fused-ring (bicyclic) bond motifs is 1. The lowest BCUT2D eigenvalue weighted by molar-refractivity contribution is 0.186. The van der Waals surface area contributed by atoms with Crippen LogP contribution in [0.25, 0.3) is 0 Å². The number of piperidine rings is 1. The van der Waals surface area contributed by atoms with Crippen LogP contribution >= 0.6 is 0 Å². The first kappa shape index (κ1) is 12.3. The van der Waals surface area contributed by atoms with Gasteiger partial charge in [-0.05, 0) is 42.5 Å². The van der Waals surface area contributed by atoms with Gasteiger partial charge in [-0.2, -0.15) is 0 Å². The summed E-state index contributed by atoms with van der Waals surface area (Å²) in [6.07, 6.45) is 3.14. The molecule has 0 aromatic heterocycles. The Hall–Kier alpha value is -1.71. The van der Waals surface area contributed by atoms with E-state index in [0.29, 0.717) is 0 Å². The van der Waals surface area contributed by atoms with Crippen molar-refractivity contribution in [3.63, 3.8) is 0 Å². The molecule has 3 rings (SSSR count). The number of urea groups is 1. The quantitative estimate of drug-likeness (QED) is 0.843. The number of carbonyl (C=O) groups excluding carboxylic acids is 1. The molecule has 0 aliphatic carbocycles. The molecule has 102 valence electrons. The Balaban J connectivity index is 1.63. The fourth-order valence-corrected chi connectivity index (χ4v) is 2.68. The van der Waals surface area contributed by atoms with Crippen LogP contribution in [0.5, 0.6) is 5.75 Å². The molecule has 0 spiro atoms. The van der Waals surface area contributed by atoms with Crippen LogP contribution in [-0.2, 0) is 6.42 Å². The highest BCUT2D eigenvalue weighted by Gasteiger charge is 2.20. The maximum Gasteiger partial charge on any atom is 0.321 e. The first-order chi connectivity index (χ1) is 9.22. The van der Waals surface area contributed by atoms with Crippen LogP contribution in [-0.4, -0.2) is 30.6 Å². The molecule has 1 aromatic rings. The van der Waals surface area contributed by atoms with Crippen molar-refractivity contribution in [2.24, 2.45) is 5.92 Å². The molecule has 2 aliphatic heterocycles. The van der Waals surface area contributed by atoms with Crippen LogP contribution in [0.2, 0.25) is 0 Å². The van der Waals surface area contributed by atoms with Gasteiger partial charge in [-0.15, -0.1) is 0 Å². The van der Waals surface area contributed by atoms with Gasteiger partial charge >= 0.3 is 6.03 Å². The van der Waals surface area contributed by atoms with E-state index in [4.69, 9.17) is 4.74 Å². The zero-order valence-corrected chi connectivity index (χ0v) is 11.3. The molecule has 2 amide bonds. The number of likely N-dealkylation sites (tertiary alicyclic amines) is 1. The summed E-state index contributed by atoms with van der Waals surface area (Å²) in [4.78, 5) is 14.1. The second-order valence-corrected chi connectivity index (χ2v) is 5.52. The first-order valence-corrected chi connectivity index (χ1v) is 7.04. The predicted molar refractivity (Wildman–Crippen MR) is 74.6 cm³/mol. The van der Waals surface area contributed by atoms with Crippen LogP contribution in [0.15, 0.2) is 18.2 Å². The summed E-state index contributed by atoms with van der Waals surface area (Å²) in [5.41, 5.74) is 2.05. The highest BCUT2D eigenvalue weighted by Crippen LogP contribution is 2.28. The molecular weight excluding hydrogens is 240 g/mol. The maximum atomic E-state index is 12.2. The smallest absolute Gasteiger partial charge is 0.321 e. The van der Waals surface area contributed by atoms with E-state index < -0.39 is 0 Å². The molecule has 1 fully saturated rings. The largest absolute Gasteiger partial charge is 0.493 e. The zero-order chi connectivity index (χ0) is 13.2. The van der Waals surface area contributed by atoms with Gasteiger partial charge in [0.2, 0.25) is 0 Å². The Labute approximate surface area is 113 Å². The van der Waals surface area contributed by atoms with Gasteiger partial charge in [0.25, 0.3) is 0 Å². The summed E-state index contributed by atoms with van der Waals surface area (Å²) in [6, 6.07) is 5.89. The molecule has 0 bridgehead atoms. The number of hydrogen-bond donors (Lipinski definition) is 1. The fourth-order valence-electron chi connectivity index (χ4n) is 2.68. The molecule has 1 saturated heterocycles. The molecule has 19 heavy (non-hydrogen) atoms. The van der Waals surface area contributed by atoms with E-state index in [1.54, 1.807) is 0 Å². The normalized spacial score (nSPS) is 18.9. The monoisotopic (exact) mass is 260 g/mol. The topological polar surface area (TPSA) is 41.6 Å². The lowest BCUT2D eigenvalue weighted by Crippen LogP contribution is -2.40. The highest BCUT2D eigenvalue weighted by atomic mass is 16.5. The standard InChI is InChI=1S/C15H20N2O2/c1-11-4-7-17(8-5-11)15(18)16-13-2-3-14-12(10-13)6-9-19-14/h2-3,10-11H,4-9H2,1H3,(H,16,18). The van der Waals surface area contributed by atoms with Gasteiger partial charge in [-0.1, -0.05) is 6.92 Å². The third-order valence-electron chi connectivity index (χ3n) is 4.01. The summed E-state index contributed by atoms with van der Waals surface area (Å²) < 4.78 is 5.46. The SMILES string of the molecule is CC1CCN(C(=O)Nc2ccc3c(c2)CCO3)CC1. The van der Waals surface area contributed by atoms with Crippen LogP contribution < -0.4 is 10.1 Å². The molecule has 0 saturated carbocycles. The van der Waals surface area contributed by atoms with E-state index in [0.717, 1.165) is 56.3 Å². The lowest BCUT2D eigenvalue weighted by Gasteiger charge is -2.30. The number of hydrogen-bond acceptors (Lipinski definition) is 2. The summed E-state index contributed by atoms with van der Waals surface area (Å²) in [7, 11) is 0. The summed E-state index contributed by atoms with van der Waals surface area (Å²) in [5.74, 6) is 1.69. The number of rotatable bonds is 1. The van der Waals surface area contributed by atoms with Gasteiger partial charge in [0.15, 0.2) is 0 Å². The van der Waals surface area contributed by atoms with Crippen molar-refractivity contribution in [2.75, 3.05) is 25.0 Å². The number of ether oxygens (including phenoxy) is 1. The van der Waals surface area contributed by atoms with Gasteiger partial charge in [0.1, 0.15) is 5.75 Å². The second kappa shape index (κ2) is 5.11. The average Bonchev–Trinajstić information content (AvgIpc) is 2.87. The molecule has 1 aromatic carbocycles. The average molecular weight is 260 g/mol. The van der Waals surface area contributed by atoms with E-state index in [1.165, 1.54) is 5.56 Å². The van der Waals surface area contributed by atoms with Crippen LogP contribution in [0.1, 0.15) is 25.3 Å². The third kappa shape index (κ3) is 2.67. The second-order valence-electron chi connectivity index (χ2n) is 5.52. The van der Waals surface area contributed by atoms with Crippen LogP contribution in [0, 0.1) is 5.92 Å². The molecule has 1 N–H and O–H groups in total. The van der Waals surface area contributed by atoms with Gasteiger partial charge in [0, 0.05) is 25.2 Å². The fraction of sp³-hybridized carbons (Fsp3) is 0.533. The summed E-state index contributed by atoms with van der Waals surface area (Å²) in [6.45, 7) is 4.72. The van der Waals surface area contributed by atoms with Crippen molar-refractivity contribution < 1.29 is 9.53 Å². The van der Waals surface area contributed by atoms with Crippen molar-refractivity contribution >= 4 is 11.7 Å². The van der Waals surface area contributed by atoms with E-state index in [1.807, 2.05) is 23.1 Å². The molecular formula is C15H20N2O2. The molecule has 4 heteroatoms. The predicted octanol–water partition coefficient (Wildman–Crippen LogP) is 2.89. The van der Waals surface area contributed by atoms with Crippen molar-refractivity contribution in [2.45, 2.75) is 26.2 Å². The highest BCUT2D eigenvalue weighted by molar-refractivity contribution is 5.89. The van der Waals surface area contributed by atoms with Crippen molar-refractivity contribution in [1.29, 1.82) is 0 Å². The molecule has 0 radical (unpaired) electrons. The molecule has 4 nitrogen and oxygen atoms in total. The number of anilines is 1. The minimum Gasteiger partial charge on any atom is -0.493 e. The van der Waals surface area contributed by atoms with Gasteiger partial charge in [0.05, 0.1) is 6.61 Å². The van der Waals surface area contributed by atoms with Gasteiger partial charge in [-0.25, -0.2) is 4.79 Å². The number of carbonyl (C=O) groups is 1. The lowest BCUT2D eigenvalue weighted by atomic mass is 10.00. The Morgan fingerprint density at radius 3 is 2.95 bits per heavy atom. The molecule has 2 aliphatic rings. The summed E-state index contributed by atoms with van der Waals surface area (Å²) in [5, 5.41) is 2.99. The van der Waals surface area contributed by atoms with Crippen LogP contribution in [0.4, 0.5) is 10.5 Å². The minimum absolute atomic E-state index is 0.0192. The molecule has 2 heterocycles. The number of nitrogens with zero attached hydrogens (tertiary/aromatic N) is 1.